The van der Waals surface area contributed by atoms with Gasteiger partial charge < -0.3 is 4.74 Å². The van der Waals surface area contributed by atoms with E-state index in [9.17, 15) is 4.79 Å². The van der Waals surface area contributed by atoms with Gasteiger partial charge in [-0.2, -0.15) is 0 Å². The van der Waals surface area contributed by atoms with Gasteiger partial charge >= 0.3 is 0 Å². The zero-order valence-corrected chi connectivity index (χ0v) is 18.5. The summed E-state index contributed by atoms with van der Waals surface area (Å²) >= 11 is 0. The molecule has 0 aliphatic heterocycles. The third-order valence-corrected chi connectivity index (χ3v) is 4.59. The van der Waals surface area contributed by atoms with Gasteiger partial charge in [-0.1, -0.05) is 59.6 Å². The van der Waals surface area contributed by atoms with Crippen molar-refractivity contribution in [2.45, 2.75) is 99.5 Å². The van der Waals surface area contributed by atoms with Gasteiger partial charge in [-0.15, -0.1) is 5.10 Å². The van der Waals surface area contributed by atoms with E-state index in [1.54, 1.807) is 0 Å². The number of unbranched alkanes of at least 4 members (excludes halogenated alkanes) is 2. The fourth-order valence-electron chi connectivity index (χ4n) is 2.75. The van der Waals surface area contributed by atoms with Crippen molar-refractivity contribution in [3.63, 3.8) is 0 Å². The third kappa shape index (κ3) is 13.6. The minimum atomic E-state index is 0.305. The summed E-state index contributed by atoms with van der Waals surface area (Å²) < 4.78 is 7.47. The molecule has 1 aromatic heterocycles. The molecule has 156 valence electrons. The Morgan fingerprint density at radius 1 is 0.963 bits per heavy atom. The maximum Gasteiger partial charge on any atom is 0.133 e. The second-order valence-corrected chi connectivity index (χ2v) is 10.1. The number of carbonyl (C=O) groups excluding carboxylic acids is 1. The molecule has 0 radical (unpaired) electrons. The Kier molecular flexibility index (Phi) is 10.2. The smallest absolute Gasteiger partial charge is 0.133 e. The Morgan fingerprint density at radius 3 is 2.33 bits per heavy atom. The van der Waals surface area contributed by atoms with Gasteiger partial charge in [-0.05, 0) is 36.5 Å². The predicted molar refractivity (Wildman–Crippen MR) is 111 cm³/mol. The molecule has 0 atom stereocenters. The molecular weight excluding hydrogens is 338 g/mol. The van der Waals surface area contributed by atoms with Gasteiger partial charge in [-0.25, -0.2) is 4.68 Å². The highest BCUT2D eigenvalue weighted by atomic mass is 16.5. The Labute approximate surface area is 166 Å². The highest BCUT2D eigenvalue weighted by Gasteiger charge is 2.11. The van der Waals surface area contributed by atoms with Crippen molar-refractivity contribution >= 4 is 5.78 Å². The first-order valence-electron chi connectivity index (χ1n) is 10.5. The van der Waals surface area contributed by atoms with E-state index in [0.717, 1.165) is 31.6 Å². The molecule has 1 heterocycles. The van der Waals surface area contributed by atoms with Gasteiger partial charge in [0.15, 0.2) is 0 Å². The molecule has 0 aromatic carbocycles. The molecule has 0 unspecified atom stereocenters. The summed E-state index contributed by atoms with van der Waals surface area (Å²) in [6, 6.07) is 0. The Bertz CT molecular complexity index is 538. The minimum Gasteiger partial charge on any atom is -0.380 e. The number of hydrogen-bond acceptors (Lipinski definition) is 4. The lowest BCUT2D eigenvalue weighted by atomic mass is 9.89. The van der Waals surface area contributed by atoms with E-state index in [1.807, 2.05) is 10.9 Å². The van der Waals surface area contributed by atoms with Gasteiger partial charge in [0.25, 0.3) is 0 Å². The van der Waals surface area contributed by atoms with Crippen molar-refractivity contribution in [3.8, 4) is 0 Å². The van der Waals surface area contributed by atoms with E-state index in [0.29, 0.717) is 49.0 Å². The summed E-state index contributed by atoms with van der Waals surface area (Å²) in [6.45, 7) is 15.6. The van der Waals surface area contributed by atoms with Crippen molar-refractivity contribution in [2.75, 3.05) is 13.2 Å². The van der Waals surface area contributed by atoms with E-state index in [2.05, 4.69) is 51.9 Å². The Hall–Kier alpha value is -1.23. The zero-order chi connectivity index (χ0) is 20.3. The normalized spacial score (nSPS) is 12.5. The standard InChI is InChI=1S/C22H41N3O2/c1-21(2,3)13-9-7-8-10-20(26)12-11-19-18-25(24-23-19)15-17-27-16-14-22(4,5)6/h18H,7-17H2,1-6H3. The highest BCUT2D eigenvalue weighted by molar-refractivity contribution is 5.78. The van der Waals surface area contributed by atoms with Crippen LogP contribution in [0.3, 0.4) is 0 Å². The number of aryl methyl sites for hydroxylation is 1. The molecule has 5 heteroatoms. The summed E-state index contributed by atoms with van der Waals surface area (Å²) in [4.78, 5) is 12.0. The maximum atomic E-state index is 12.0. The van der Waals surface area contributed by atoms with Crippen molar-refractivity contribution in [1.29, 1.82) is 0 Å². The van der Waals surface area contributed by atoms with Crippen LogP contribution in [0.2, 0.25) is 0 Å². The lowest BCUT2D eigenvalue weighted by Crippen LogP contribution is -2.12. The average Bonchev–Trinajstić information content (AvgIpc) is 2.98. The van der Waals surface area contributed by atoms with Crippen LogP contribution in [0.25, 0.3) is 0 Å². The SMILES string of the molecule is CC(C)(C)CCCCCC(=O)CCc1cn(CCOCCC(C)(C)C)nn1. The monoisotopic (exact) mass is 379 g/mol. The predicted octanol–water partition coefficient (Wildman–Crippen LogP) is 5.23. The second kappa shape index (κ2) is 11.6. The number of ether oxygens (including phenoxy) is 1. The second-order valence-electron chi connectivity index (χ2n) is 10.1. The van der Waals surface area contributed by atoms with E-state index in [4.69, 9.17) is 4.74 Å². The molecule has 1 rings (SSSR count). The quantitative estimate of drug-likeness (QED) is 0.440. The highest BCUT2D eigenvalue weighted by Crippen LogP contribution is 2.22. The largest absolute Gasteiger partial charge is 0.380 e. The van der Waals surface area contributed by atoms with Crippen LogP contribution in [0.4, 0.5) is 0 Å². The van der Waals surface area contributed by atoms with Crippen LogP contribution < -0.4 is 0 Å². The van der Waals surface area contributed by atoms with Gasteiger partial charge in [-0.3, -0.25) is 4.79 Å². The average molecular weight is 380 g/mol. The third-order valence-electron chi connectivity index (χ3n) is 4.59. The van der Waals surface area contributed by atoms with Gasteiger partial charge in [0.1, 0.15) is 5.78 Å². The van der Waals surface area contributed by atoms with Crippen LogP contribution in [0, 0.1) is 10.8 Å². The van der Waals surface area contributed by atoms with Crippen LogP contribution in [-0.2, 0) is 22.5 Å². The molecule has 0 N–H and O–H groups in total. The van der Waals surface area contributed by atoms with Crippen molar-refractivity contribution in [1.82, 2.24) is 15.0 Å². The molecule has 0 saturated heterocycles. The van der Waals surface area contributed by atoms with Crippen molar-refractivity contribution < 1.29 is 9.53 Å². The van der Waals surface area contributed by atoms with Crippen molar-refractivity contribution in [3.05, 3.63) is 11.9 Å². The topological polar surface area (TPSA) is 57.0 Å². The first-order valence-corrected chi connectivity index (χ1v) is 10.5. The molecule has 0 aliphatic rings. The summed E-state index contributed by atoms with van der Waals surface area (Å²) in [5.74, 6) is 0.339. The van der Waals surface area contributed by atoms with Crippen LogP contribution in [0.5, 0.6) is 0 Å². The lowest BCUT2D eigenvalue weighted by Gasteiger charge is -2.17. The van der Waals surface area contributed by atoms with Gasteiger partial charge in [0, 0.05) is 25.6 Å². The molecule has 0 bridgehead atoms. The van der Waals surface area contributed by atoms with Gasteiger partial charge in [0.2, 0.25) is 0 Å². The number of carbonyl (C=O) groups is 1. The summed E-state index contributed by atoms with van der Waals surface area (Å²) in [7, 11) is 0. The molecule has 0 fully saturated rings. The number of ketones is 1. The molecule has 0 amide bonds. The molecule has 0 saturated carbocycles. The molecule has 0 aliphatic carbocycles. The lowest BCUT2D eigenvalue weighted by molar-refractivity contribution is -0.119. The Balaban J connectivity index is 2.11. The number of Topliss-reactive ketones (excluding diaryl/α,β-unsaturated/α-hetero) is 1. The number of hydrogen-bond donors (Lipinski definition) is 0. The molecule has 1 aromatic rings. The molecular formula is C22H41N3O2. The molecule has 27 heavy (non-hydrogen) atoms. The fraction of sp³-hybridized carbons (Fsp3) is 0.864. The summed E-state index contributed by atoms with van der Waals surface area (Å²) in [5, 5.41) is 8.29. The molecule has 5 nitrogen and oxygen atoms in total. The zero-order valence-electron chi connectivity index (χ0n) is 18.5. The number of aromatic nitrogens is 3. The van der Waals surface area contributed by atoms with E-state index in [-0.39, 0.29) is 0 Å². The van der Waals surface area contributed by atoms with E-state index < -0.39 is 0 Å². The Morgan fingerprint density at radius 2 is 1.67 bits per heavy atom. The number of nitrogens with zero attached hydrogens (tertiary/aromatic N) is 3. The van der Waals surface area contributed by atoms with Crippen LogP contribution in [-0.4, -0.2) is 34.0 Å². The van der Waals surface area contributed by atoms with Crippen LogP contribution in [0.1, 0.15) is 92.2 Å². The van der Waals surface area contributed by atoms with Crippen LogP contribution in [0.15, 0.2) is 6.20 Å². The molecule has 0 spiro atoms. The fourth-order valence-corrected chi connectivity index (χ4v) is 2.75. The van der Waals surface area contributed by atoms with Crippen molar-refractivity contribution in [2.24, 2.45) is 10.8 Å². The number of rotatable bonds is 13. The minimum absolute atomic E-state index is 0.305. The van der Waals surface area contributed by atoms with Crippen LogP contribution >= 0.6 is 0 Å². The summed E-state index contributed by atoms with van der Waals surface area (Å²) in [6.07, 6.45) is 9.53. The van der Waals surface area contributed by atoms with E-state index in [1.165, 1.54) is 12.8 Å². The maximum absolute atomic E-state index is 12.0. The first-order chi connectivity index (χ1) is 12.6. The first kappa shape index (κ1) is 23.8. The van der Waals surface area contributed by atoms with Gasteiger partial charge in [0.05, 0.1) is 18.8 Å². The van der Waals surface area contributed by atoms with E-state index >= 15 is 0 Å². The summed E-state index contributed by atoms with van der Waals surface area (Å²) in [5.41, 5.74) is 1.60.